The van der Waals surface area contributed by atoms with E-state index in [1.165, 1.54) is 0 Å². The first-order valence-corrected chi connectivity index (χ1v) is 5.97. The van der Waals surface area contributed by atoms with Gasteiger partial charge >= 0.3 is 0 Å². The lowest BCUT2D eigenvalue weighted by Gasteiger charge is -1.92. The Bertz CT molecular complexity index is 478. The number of aldehydes is 1. The highest BCUT2D eigenvalue weighted by atomic mass is 35.5. The van der Waals surface area contributed by atoms with E-state index in [1.807, 2.05) is 0 Å². The Balaban J connectivity index is 0.000000180. The van der Waals surface area contributed by atoms with Gasteiger partial charge in [0.05, 0.1) is 6.61 Å². The predicted molar refractivity (Wildman–Crippen MR) is 74.2 cm³/mol. The van der Waals surface area contributed by atoms with E-state index in [1.54, 1.807) is 48.5 Å². The third-order valence-electron chi connectivity index (χ3n) is 2.10. The summed E-state index contributed by atoms with van der Waals surface area (Å²) in [6.45, 7) is 0.0805. The number of benzene rings is 2. The normalized spacial score (nSPS) is 9.28. The first-order chi connectivity index (χ1) is 8.65. The minimum atomic E-state index is 0.0805. The summed E-state index contributed by atoms with van der Waals surface area (Å²) in [5, 5.41) is 9.94. The van der Waals surface area contributed by atoms with Gasteiger partial charge in [-0.15, -0.1) is 0 Å². The molecule has 18 heavy (non-hydrogen) atoms. The monoisotopic (exact) mass is 282 g/mol. The summed E-state index contributed by atoms with van der Waals surface area (Å²) in [4.78, 5) is 10.1. The minimum absolute atomic E-state index is 0.0805. The first-order valence-electron chi connectivity index (χ1n) is 5.21. The van der Waals surface area contributed by atoms with E-state index in [0.717, 1.165) is 11.8 Å². The fourth-order valence-corrected chi connectivity index (χ4v) is 1.38. The molecular formula is C14H12Cl2O2. The van der Waals surface area contributed by atoms with Crippen molar-refractivity contribution in [1.82, 2.24) is 0 Å². The van der Waals surface area contributed by atoms with Crippen LogP contribution in [0.5, 0.6) is 0 Å². The summed E-state index contributed by atoms with van der Waals surface area (Å²) < 4.78 is 0. The van der Waals surface area contributed by atoms with Crippen LogP contribution in [0.25, 0.3) is 0 Å². The molecule has 0 radical (unpaired) electrons. The molecule has 0 heterocycles. The number of carbonyl (C=O) groups excluding carboxylic acids is 1. The maximum Gasteiger partial charge on any atom is 0.150 e. The van der Waals surface area contributed by atoms with Crippen molar-refractivity contribution in [1.29, 1.82) is 0 Å². The van der Waals surface area contributed by atoms with Crippen LogP contribution in [0.3, 0.4) is 0 Å². The van der Waals surface area contributed by atoms with Crippen molar-refractivity contribution in [3.05, 3.63) is 69.7 Å². The zero-order valence-electron chi connectivity index (χ0n) is 9.51. The molecular weight excluding hydrogens is 271 g/mol. The molecule has 1 N–H and O–H groups in total. The summed E-state index contributed by atoms with van der Waals surface area (Å²) in [6, 6.07) is 13.8. The number of aliphatic hydroxyl groups excluding tert-OH is 1. The minimum Gasteiger partial charge on any atom is -0.392 e. The molecule has 94 valence electrons. The molecule has 0 aromatic heterocycles. The van der Waals surface area contributed by atoms with Gasteiger partial charge < -0.3 is 5.11 Å². The van der Waals surface area contributed by atoms with E-state index in [4.69, 9.17) is 28.3 Å². The van der Waals surface area contributed by atoms with Gasteiger partial charge in [-0.3, -0.25) is 4.79 Å². The van der Waals surface area contributed by atoms with Crippen LogP contribution in [0, 0.1) is 0 Å². The van der Waals surface area contributed by atoms with Crippen molar-refractivity contribution >= 4 is 29.5 Å². The predicted octanol–water partition coefficient (Wildman–Crippen LogP) is 3.98. The van der Waals surface area contributed by atoms with E-state index in [2.05, 4.69) is 0 Å². The highest BCUT2D eigenvalue weighted by Gasteiger charge is 1.87. The summed E-state index contributed by atoms with van der Waals surface area (Å²) in [7, 11) is 0. The van der Waals surface area contributed by atoms with Gasteiger partial charge in [0, 0.05) is 15.6 Å². The van der Waals surface area contributed by atoms with Crippen molar-refractivity contribution in [2.24, 2.45) is 0 Å². The number of aliphatic hydroxyl groups is 1. The highest BCUT2D eigenvalue weighted by Crippen LogP contribution is 2.08. The molecule has 0 aliphatic carbocycles. The number of hydrogen-bond acceptors (Lipinski definition) is 2. The van der Waals surface area contributed by atoms with Gasteiger partial charge in [-0.2, -0.15) is 0 Å². The molecule has 0 unspecified atom stereocenters. The second-order valence-corrected chi connectivity index (χ2v) is 4.33. The summed E-state index contributed by atoms with van der Waals surface area (Å²) in [5.41, 5.74) is 1.54. The van der Waals surface area contributed by atoms with Gasteiger partial charge in [0.1, 0.15) is 6.29 Å². The average Bonchev–Trinajstić information content (AvgIpc) is 2.41. The fraction of sp³-hybridized carbons (Fsp3) is 0.0714. The molecule has 2 nitrogen and oxygen atoms in total. The van der Waals surface area contributed by atoms with E-state index in [-0.39, 0.29) is 6.61 Å². The van der Waals surface area contributed by atoms with Gasteiger partial charge in [0.15, 0.2) is 0 Å². The Morgan fingerprint density at radius 2 is 1.33 bits per heavy atom. The summed E-state index contributed by atoms with van der Waals surface area (Å²) in [5.74, 6) is 0. The van der Waals surface area contributed by atoms with Crippen LogP contribution in [-0.2, 0) is 6.61 Å². The van der Waals surface area contributed by atoms with Crippen molar-refractivity contribution in [3.8, 4) is 0 Å². The van der Waals surface area contributed by atoms with E-state index < -0.39 is 0 Å². The molecule has 0 amide bonds. The van der Waals surface area contributed by atoms with E-state index >= 15 is 0 Å². The standard InChI is InChI=1S/C7H7ClO.C7H5ClO/c2*8-7-3-1-6(5-9)2-4-7/h1-4,9H,5H2;1-5H. The van der Waals surface area contributed by atoms with Crippen molar-refractivity contribution < 1.29 is 9.90 Å². The lowest BCUT2D eigenvalue weighted by Crippen LogP contribution is -1.79. The van der Waals surface area contributed by atoms with Crippen LogP contribution >= 0.6 is 23.2 Å². The molecule has 2 rings (SSSR count). The quantitative estimate of drug-likeness (QED) is 0.846. The molecule has 0 saturated carbocycles. The fourth-order valence-electron chi connectivity index (χ4n) is 1.13. The zero-order chi connectivity index (χ0) is 13.4. The molecule has 2 aromatic rings. The van der Waals surface area contributed by atoms with Gasteiger partial charge in [0.2, 0.25) is 0 Å². The van der Waals surface area contributed by atoms with Crippen LogP contribution in [-0.4, -0.2) is 11.4 Å². The Labute approximate surface area is 116 Å². The molecule has 0 bridgehead atoms. The smallest absolute Gasteiger partial charge is 0.150 e. The molecule has 0 spiro atoms. The van der Waals surface area contributed by atoms with Gasteiger partial charge in [0.25, 0.3) is 0 Å². The summed E-state index contributed by atoms with van der Waals surface area (Å²) in [6.07, 6.45) is 0.788. The molecule has 0 fully saturated rings. The van der Waals surface area contributed by atoms with Crippen LogP contribution in [0.4, 0.5) is 0 Å². The van der Waals surface area contributed by atoms with Crippen LogP contribution in [0.1, 0.15) is 15.9 Å². The first kappa shape index (κ1) is 14.7. The topological polar surface area (TPSA) is 37.3 Å². The van der Waals surface area contributed by atoms with Crippen molar-refractivity contribution in [3.63, 3.8) is 0 Å². The van der Waals surface area contributed by atoms with Crippen LogP contribution < -0.4 is 0 Å². The van der Waals surface area contributed by atoms with Gasteiger partial charge in [-0.05, 0) is 29.8 Å². The zero-order valence-corrected chi connectivity index (χ0v) is 11.0. The maximum atomic E-state index is 10.1. The Hall–Kier alpha value is -1.35. The van der Waals surface area contributed by atoms with E-state index in [9.17, 15) is 4.79 Å². The Kier molecular flexibility index (Phi) is 6.44. The molecule has 0 atom stereocenters. The van der Waals surface area contributed by atoms with Crippen LogP contribution in [0.2, 0.25) is 10.0 Å². The average molecular weight is 283 g/mol. The Morgan fingerprint density at radius 3 is 1.72 bits per heavy atom. The van der Waals surface area contributed by atoms with E-state index in [0.29, 0.717) is 15.6 Å². The highest BCUT2D eigenvalue weighted by molar-refractivity contribution is 6.30. The molecule has 0 aliphatic rings. The number of halogens is 2. The lowest BCUT2D eigenvalue weighted by atomic mass is 10.2. The molecule has 0 aliphatic heterocycles. The maximum absolute atomic E-state index is 10.1. The lowest BCUT2D eigenvalue weighted by molar-refractivity contribution is 0.112. The Morgan fingerprint density at radius 1 is 0.889 bits per heavy atom. The number of hydrogen-bond donors (Lipinski definition) is 1. The number of carbonyl (C=O) groups is 1. The van der Waals surface area contributed by atoms with Crippen molar-refractivity contribution in [2.45, 2.75) is 6.61 Å². The second-order valence-electron chi connectivity index (χ2n) is 3.45. The van der Waals surface area contributed by atoms with Gasteiger partial charge in [-0.25, -0.2) is 0 Å². The van der Waals surface area contributed by atoms with Crippen molar-refractivity contribution in [2.75, 3.05) is 0 Å². The summed E-state index contributed by atoms with van der Waals surface area (Å²) >= 11 is 11.1. The SMILES string of the molecule is O=Cc1ccc(Cl)cc1.OCc1ccc(Cl)cc1. The molecule has 4 heteroatoms. The largest absolute Gasteiger partial charge is 0.392 e. The van der Waals surface area contributed by atoms with Crippen LogP contribution in [0.15, 0.2) is 48.5 Å². The molecule has 0 saturated heterocycles. The third-order valence-corrected chi connectivity index (χ3v) is 2.61. The van der Waals surface area contributed by atoms with Gasteiger partial charge in [-0.1, -0.05) is 47.5 Å². The third kappa shape index (κ3) is 5.32. The number of rotatable bonds is 2. The second kappa shape index (κ2) is 7.88. The molecule has 2 aromatic carbocycles.